The van der Waals surface area contributed by atoms with Crippen molar-refractivity contribution in [2.45, 2.75) is 45.1 Å². The molecule has 2 aromatic rings. The lowest BCUT2D eigenvalue weighted by atomic mass is 9.78. The van der Waals surface area contributed by atoms with Gasteiger partial charge in [0.05, 0.1) is 6.54 Å². The van der Waals surface area contributed by atoms with E-state index in [0.717, 1.165) is 25.7 Å². The molecular weight excluding hydrogens is 278 g/mol. The molecule has 1 N–H and O–H groups in total. The molecule has 116 valence electrons. The summed E-state index contributed by atoms with van der Waals surface area (Å²) in [4.78, 5) is 12.2. The van der Waals surface area contributed by atoms with Crippen molar-refractivity contribution in [2.24, 2.45) is 5.92 Å². The smallest absolute Gasteiger partial charge is 0.235 e. The third-order valence-corrected chi connectivity index (χ3v) is 4.35. The Labute approximate surface area is 130 Å². The Morgan fingerprint density at radius 2 is 1.91 bits per heavy atom. The number of carbonyl (C=O) groups is 1. The van der Waals surface area contributed by atoms with Crippen molar-refractivity contribution in [1.29, 1.82) is 0 Å². The summed E-state index contributed by atoms with van der Waals surface area (Å²) in [7, 11) is 0. The first-order valence-electron chi connectivity index (χ1n) is 7.84. The number of benzene rings is 1. The summed E-state index contributed by atoms with van der Waals surface area (Å²) in [6.45, 7) is 2.06. The topological polar surface area (TPSA) is 68.0 Å². The van der Waals surface area contributed by atoms with Crippen LogP contribution in [-0.4, -0.2) is 16.1 Å². The Bertz CT molecular complexity index is 616. The molecule has 22 heavy (non-hydrogen) atoms. The molecule has 1 aromatic carbocycles. The van der Waals surface area contributed by atoms with Gasteiger partial charge in [-0.1, -0.05) is 30.3 Å². The summed E-state index contributed by atoms with van der Waals surface area (Å²) in [5.74, 6) is 1.77. The first-order chi connectivity index (χ1) is 10.7. The first-order valence-corrected chi connectivity index (χ1v) is 7.84. The second-order valence-electron chi connectivity index (χ2n) is 5.89. The molecule has 0 bridgehead atoms. The van der Waals surface area contributed by atoms with E-state index >= 15 is 0 Å². The van der Waals surface area contributed by atoms with Crippen LogP contribution in [0.1, 0.15) is 48.9 Å². The quantitative estimate of drug-likeness (QED) is 0.942. The minimum Gasteiger partial charge on any atom is -0.424 e. The van der Waals surface area contributed by atoms with Crippen LogP contribution in [0.25, 0.3) is 0 Å². The van der Waals surface area contributed by atoms with E-state index in [0.29, 0.717) is 24.2 Å². The fourth-order valence-corrected chi connectivity index (χ4v) is 3.13. The number of hydrogen-bond acceptors (Lipinski definition) is 4. The van der Waals surface area contributed by atoms with Gasteiger partial charge in [0.25, 0.3) is 0 Å². The number of aryl methyl sites for hydroxylation is 1. The molecule has 1 aromatic heterocycles. The van der Waals surface area contributed by atoms with Gasteiger partial charge in [0, 0.05) is 12.8 Å². The van der Waals surface area contributed by atoms with E-state index in [-0.39, 0.29) is 11.8 Å². The minimum absolute atomic E-state index is 0.0994. The van der Waals surface area contributed by atoms with Crippen LogP contribution < -0.4 is 5.32 Å². The highest BCUT2D eigenvalue weighted by Gasteiger charge is 2.27. The molecule has 1 fully saturated rings. The SMILES string of the molecule is Cc1nnc(CNC(=O)C2CCC(c3ccccc3)CC2)o1. The minimum atomic E-state index is 0.0994. The average Bonchev–Trinajstić information content (AvgIpc) is 2.99. The highest BCUT2D eigenvalue weighted by Crippen LogP contribution is 2.35. The fraction of sp³-hybridized carbons (Fsp3) is 0.471. The van der Waals surface area contributed by atoms with Gasteiger partial charge in [-0.25, -0.2) is 0 Å². The van der Waals surface area contributed by atoms with Crippen LogP contribution in [0.2, 0.25) is 0 Å². The largest absolute Gasteiger partial charge is 0.424 e. The standard InChI is InChI=1S/C17H21N3O2/c1-12-19-20-16(22-12)11-18-17(21)15-9-7-14(8-10-15)13-5-3-2-4-6-13/h2-6,14-15H,7-11H2,1H3,(H,18,21). The van der Waals surface area contributed by atoms with Gasteiger partial charge in [-0.3, -0.25) is 4.79 Å². The molecule has 1 saturated carbocycles. The molecule has 1 heterocycles. The number of rotatable bonds is 4. The zero-order valence-corrected chi connectivity index (χ0v) is 12.8. The maximum atomic E-state index is 12.2. The van der Waals surface area contributed by atoms with Gasteiger partial charge in [0.15, 0.2) is 0 Å². The van der Waals surface area contributed by atoms with E-state index in [2.05, 4.69) is 39.8 Å². The van der Waals surface area contributed by atoms with Crippen LogP contribution in [-0.2, 0) is 11.3 Å². The molecule has 1 aliphatic rings. The Hall–Kier alpha value is -2.17. The van der Waals surface area contributed by atoms with Crippen LogP contribution in [0.5, 0.6) is 0 Å². The van der Waals surface area contributed by atoms with Gasteiger partial charge in [0.2, 0.25) is 17.7 Å². The molecule has 5 heteroatoms. The molecule has 0 radical (unpaired) electrons. The van der Waals surface area contributed by atoms with E-state index in [9.17, 15) is 4.79 Å². The van der Waals surface area contributed by atoms with Gasteiger partial charge < -0.3 is 9.73 Å². The summed E-state index contributed by atoms with van der Waals surface area (Å²) in [5, 5.41) is 10.5. The molecule has 0 aliphatic heterocycles. The Morgan fingerprint density at radius 3 is 2.55 bits per heavy atom. The Kier molecular flexibility index (Phi) is 4.51. The molecule has 1 amide bonds. The molecule has 3 rings (SSSR count). The zero-order chi connectivity index (χ0) is 15.4. The Morgan fingerprint density at radius 1 is 1.18 bits per heavy atom. The van der Waals surface area contributed by atoms with E-state index in [1.54, 1.807) is 6.92 Å². The highest BCUT2D eigenvalue weighted by atomic mass is 16.4. The monoisotopic (exact) mass is 299 g/mol. The number of nitrogens with one attached hydrogen (secondary N) is 1. The van der Waals surface area contributed by atoms with Gasteiger partial charge in [0.1, 0.15) is 0 Å². The van der Waals surface area contributed by atoms with Gasteiger partial charge in [-0.15, -0.1) is 10.2 Å². The molecule has 1 aliphatic carbocycles. The molecule has 0 unspecified atom stereocenters. The Balaban J connectivity index is 1.47. The summed E-state index contributed by atoms with van der Waals surface area (Å²) in [6.07, 6.45) is 4.02. The first kappa shape index (κ1) is 14.8. The van der Waals surface area contributed by atoms with Crippen molar-refractivity contribution in [2.75, 3.05) is 0 Å². The lowest BCUT2D eigenvalue weighted by Gasteiger charge is -2.27. The van der Waals surface area contributed by atoms with Gasteiger partial charge in [-0.05, 0) is 37.2 Å². The summed E-state index contributed by atoms with van der Waals surface area (Å²) < 4.78 is 5.26. The van der Waals surface area contributed by atoms with Crippen LogP contribution in [0.4, 0.5) is 0 Å². The van der Waals surface area contributed by atoms with Crippen molar-refractivity contribution < 1.29 is 9.21 Å². The van der Waals surface area contributed by atoms with E-state index in [4.69, 9.17) is 4.42 Å². The number of amides is 1. The third kappa shape index (κ3) is 3.53. The maximum Gasteiger partial charge on any atom is 0.235 e. The van der Waals surface area contributed by atoms with Crippen molar-refractivity contribution >= 4 is 5.91 Å². The molecule has 0 saturated heterocycles. The fourth-order valence-electron chi connectivity index (χ4n) is 3.13. The van der Waals surface area contributed by atoms with E-state index in [1.165, 1.54) is 5.56 Å². The third-order valence-electron chi connectivity index (χ3n) is 4.35. The van der Waals surface area contributed by atoms with Crippen LogP contribution in [0, 0.1) is 12.8 Å². The second-order valence-corrected chi connectivity index (χ2v) is 5.89. The van der Waals surface area contributed by atoms with Crippen molar-refractivity contribution in [1.82, 2.24) is 15.5 Å². The van der Waals surface area contributed by atoms with Crippen molar-refractivity contribution in [3.63, 3.8) is 0 Å². The number of aromatic nitrogens is 2. The summed E-state index contributed by atoms with van der Waals surface area (Å²) in [5.41, 5.74) is 1.39. The predicted molar refractivity (Wildman–Crippen MR) is 82.0 cm³/mol. The van der Waals surface area contributed by atoms with Crippen LogP contribution in [0.3, 0.4) is 0 Å². The van der Waals surface area contributed by atoms with Crippen LogP contribution >= 0.6 is 0 Å². The molecule has 5 nitrogen and oxygen atoms in total. The molecular formula is C17H21N3O2. The van der Waals surface area contributed by atoms with E-state index < -0.39 is 0 Å². The summed E-state index contributed by atoms with van der Waals surface area (Å²) in [6, 6.07) is 10.6. The van der Waals surface area contributed by atoms with Gasteiger partial charge in [-0.2, -0.15) is 0 Å². The normalized spacial score (nSPS) is 21.5. The number of carbonyl (C=O) groups excluding carboxylic acids is 1. The number of hydrogen-bond donors (Lipinski definition) is 1. The molecule has 0 atom stereocenters. The second kappa shape index (κ2) is 6.73. The molecule has 0 spiro atoms. The maximum absolute atomic E-state index is 12.2. The zero-order valence-electron chi connectivity index (χ0n) is 12.8. The van der Waals surface area contributed by atoms with Gasteiger partial charge >= 0.3 is 0 Å². The lowest BCUT2D eigenvalue weighted by Crippen LogP contribution is -2.32. The lowest BCUT2D eigenvalue weighted by molar-refractivity contribution is -0.126. The van der Waals surface area contributed by atoms with Crippen molar-refractivity contribution in [3.8, 4) is 0 Å². The summed E-state index contributed by atoms with van der Waals surface area (Å²) >= 11 is 0. The van der Waals surface area contributed by atoms with Crippen LogP contribution in [0.15, 0.2) is 34.7 Å². The average molecular weight is 299 g/mol. The number of nitrogens with zero attached hydrogens (tertiary/aromatic N) is 2. The predicted octanol–water partition coefficient (Wildman–Crippen LogP) is 2.97. The van der Waals surface area contributed by atoms with Crippen molar-refractivity contribution in [3.05, 3.63) is 47.7 Å². The van der Waals surface area contributed by atoms with E-state index in [1.807, 2.05) is 6.07 Å². The highest BCUT2D eigenvalue weighted by molar-refractivity contribution is 5.78.